The van der Waals surface area contributed by atoms with E-state index in [2.05, 4.69) is 5.32 Å². The maximum atomic E-state index is 11.2. The second-order valence-electron chi connectivity index (χ2n) is 3.51. The first-order valence-electron chi connectivity index (χ1n) is 4.76. The predicted octanol–water partition coefficient (Wildman–Crippen LogP) is 0.640. The number of nitrogens with two attached hydrogens (primary N) is 1. The van der Waals surface area contributed by atoms with Gasteiger partial charge in [0.25, 0.3) is 0 Å². The van der Waals surface area contributed by atoms with Crippen LogP contribution >= 0.6 is 0 Å². The van der Waals surface area contributed by atoms with Crippen molar-refractivity contribution in [2.75, 3.05) is 6.54 Å². The molecule has 70 valence electrons. The van der Waals surface area contributed by atoms with Crippen LogP contribution in [0.5, 0.6) is 0 Å². The lowest BCUT2D eigenvalue weighted by atomic mass is 10.00. The monoisotopic (exact) mass is 170 g/mol. The van der Waals surface area contributed by atoms with Gasteiger partial charge in [-0.3, -0.25) is 4.79 Å². The minimum atomic E-state index is 0.153. The molecule has 1 amide bonds. The fourth-order valence-electron chi connectivity index (χ4n) is 1.83. The third-order valence-corrected chi connectivity index (χ3v) is 2.54. The molecule has 0 aromatic rings. The maximum Gasteiger partial charge on any atom is 0.220 e. The number of hydrogen-bond acceptors (Lipinski definition) is 2. The molecule has 0 aromatic heterocycles. The number of carbonyl (C=O) groups excluding carboxylic acids is 1. The van der Waals surface area contributed by atoms with E-state index in [1.165, 1.54) is 6.42 Å². The summed E-state index contributed by atoms with van der Waals surface area (Å²) in [6.07, 6.45) is 4.02. The van der Waals surface area contributed by atoms with E-state index >= 15 is 0 Å². The molecular weight excluding hydrogens is 152 g/mol. The topological polar surface area (TPSA) is 55.1 Å². The summed E-state index contributed by atoms with van der Waals surface area (Å²) in [4.78, 5) is 11.2. The van der Waals surface area contributed by atoms with E-state index in [1.807, 2.05) is 6.92 Å². The molecular formula is C9H18N2O. The summed E-state index contributed by atoms with van der Waals surface area (Å²) in [7, 11) is 0. The third kappa shape index (κ3) is 2.48. The first-order valence-corrected chi connectivity index (χ1v) is 4.76. The van der Waals surface area contributed by atoms with Crippen molar-refractivity contribution in [3.05, 3.63) is 0 Å². The molecule has 0 unspecified atom stereocenters. The van der Waals surface area contributed by atoms with E-state index in [1.54, 1.807) is 0 Å². The van der Waals surface area contributed by atoms with Crippen molar-refractivity contribution >= 4 is 5.91 Å². The highest BCUT2D eigenvalue weighted by molar-refractivity contribution is 5.76. The normalized spacial score (nSPS) is 28.8. The van der Waals surface area contributed by atoms with Crippen LogP contribution in [0.25, 0.3) is 0 Å². The van der Waals surface area contributed by atoms with Gasteiger partial charge in [0.2, 0.25) is 5.91 Å². The minimum absolute atomic E-state index is 0.153. The molecule has 1 fully saturated rings. The third-order valence-electron chi connectivity index (χ3n) is 2.54. The van der Waals surface area contributed by atoms with E-state index in [0.29, 0.717) is 12.3 Å². The summed E-state index contributed by atoms with van der Waals surface area (Å²) in [6.45, 7) is 2.66. The van der Waals surface area contributed by atoms with Gasteiger partial charge in [-0.1, -0.05) is 6.42 Å². The Bertz CT molecular complexity index is 159. The van der Waals surface area contributed by atoms with Crippen LogP contribution in [0.15, 0.2) is 0 Å². The van der Waals surface area contributed by atoms with Crippen LogP contribution < -0.4 is 11.1 Å². The highest BCUT2D eigenvalue weighted by atomic mass is 16.1. The molecule has 0 bridgehead atoms. The molecule has 12 heavy (non-hydrogen) atoms. The van der Waals surface area contributed by atoms with Gasteiger partial charge in [-0.25, -0.2) is 0 Å². The molecule has 0 aromatic carbocycles. The number of amides is 1. The predicted molar refractivity (Wildman–Crippen MR) is 48.6 cm³/mol. The number of rotatable bonds is 3. The van der Waals surface area contributed by atoms with Crippen LogP contribution in [0.3, 0.4) is 0 Å². The summed E-state index contributed by atoms with van der Waals surface area (Å²) in [5.74, 6) is 0.580. The summed E-state index contributed by atoms with van der Waals surface area (Å²) < 4.78 is 0. The molecule has 0 heterocycles. The maximum absolute atomic E-state index is 11.2. The first-order chi connectivity index (χ1) is 5.74. The Kier molecular flexibility index (Phi) is 3.53. The minimum Gasteiger partial charge on any atom is -0.356 e. The molecule has 3 nitrogen and oxygen atoms in total. The lowest BCUT2D eigenvalue weighted by molar-refractivity contribution is -0.121. The van der Waals surface area contributed by atoms with Gasteiger partial charge in [0, 0.05) is 19.0 Å². The van der Waals surface area contributed by atoms with Crippen LogP contribution in [0.1, 0.15) is 32.6 Å². The standard InChI is InChI=1S/C9H18N2O/c1-2-11-9(12)6-7-4-3-5-8(7)10/h7-8H,2-6,10H2,1H3,(H,11,12)/t7-,8+/m0/s1. The fourth-order valence-corrected chi connectivity index (χ4v) is 1.83. The van der Waals surface area contributed by atoms with E-state index in [0.717, 1.165) is 19.4 Å². The Morgan fingerprint density at radius 3 is 2.83 bits per heavy atom. The van der Waals surface area contributed by atoms with Crippen LogP contribution in [0.4, 0.5) is 0 Å². The molecule has 0 radical (unpaired) electrons. The highest BCUT2D eigenvalue weighted by Crippen LogP contribution is 2.26. The van der Waals surface area contributed by atoms with Crippen LogP contribution in [0.2, 0.25) is 0 Å². The van der Waals surface area contributed by atoms with Gasteiger partial charge in [0.1, 0.15) is 0 Å². The molecule has 2 atom stereocenters. The van der Waals surface area contributed by atoms with E-state index < -0.39 is 0 Å². The van der Waals surface area contributed by atoms with Crippen molar-refractivity contribution in [3.8, 4) is 0 Å². The molecule has 1 saturated carbocycles. The van der Waals surface area contributed by atoms with Crippen molar-refractivity contribution in [1.82, 2.24) is 5.32 Å². The van der Waals surface area contributed by atoms with Crippen molar-refractivity contribution in [2.24, 2.45) is 11.7 Å². The Morgan fingerprint density at radius 1 is 1.58 bits per heavy atom. The average Bonchev–Trinajstić information content (AvgIpc) is 2.37. The molecule has 3 N–H and O–H groups in total. The van der Waals surface area contributed by atoms with E-state index in [9.17, 15) is 4.79 Å². The first kappa shape index (κ1) is 9.52. The SMILES string of the molecule is CCNC(=O)C[C@@H]1CCC[C@H]1N. The second-order valence-corrected chi connectivity index (χ2v) is 3.51. The van der Waals surface area contributed by atoms with Gasteiger partial charge in [-0.05, 0) is 25.7 Å². The van der Waals surface area contributed by atoms with Crippen LogP contribution in [-0.4, -0.2) is 18.5 Å². The zero-order valence-corrected chi connectivity index (χ0v) is 7.68. The number of carbonyl (C=O) groups is 1. The van der Waals surface area contributed by atoms with Crippen molar-refractivity contribution in [2.45, 2.75) is 38.6 Å². The van der Waals surface area contributed by atoms with Crippen LogP contribution in [-0.2, 0) is 4.79 Å². The second kappa shape index (κ2) is 4.45. The van der Waals surface area contributed by atoms with Gasteiger partial charge in [-0.15, -0.1) is 0 Å². The number of nitrogens with one attached hydrogen (secondary N) is 1. The average molecular weight is 170 g/mol. The van der Waals surface area contributed by atoms with E-state index in [-0.39, 0.29) is 11.9 Å². The lowest BCUT2D eigenvalue weighted by Crippen LogP contribution is -2.31. The Hall–Kier alpha value is -0.570. The molecule has 1 aliphatic carbocycles. The summed E-state index contributed by atoms with van der Waals surface area (Å²) >= 11 is 0. The molecule has 0 aliphatic heterocycles. The zero-order valence-electron chi connectivity index (χ0n) is 7.68. The number of hydrogen-bond donors (Lipinski definition) is 2. The summed E-state index contributed by atoms with van der Waals surface area (Å²) in [5, 5.41) is 2.80. The lowest BCUT2D eigenvalue weighted by Gasteiger charge is -2.13. The van der Waals surface area contributed by atoms with Gasteiger partial charge in [0.15, 0.2) is 0 Å². The van der Waals surface area contributed by atoms with Gasteiger partial charge >= 0.3 is 0 Å². The molecule has 0 saturated heterocycles. The quantitative estimate of drug-likeness (QED) is 0.653. The van der Waals surface area contributed by atoms with Crippen LogP contribution in [0, 0.1) is 5.92 Å². The van der Waals surface area contributed by atoms with Gasteiger partial charge in [0.05, 0.1) is 0 Å². The smallest absolute Gasteiger partial charge is 0.220 e. The van der Waals surface area contributed by atoms with Gasteiger partial charge < -0.3 is 11.1 Å². The summed E-state index contributed by atoms with van der Waals surface area (Å²) in [6, 6.07) is 0.257. The summed E-state index contributed by atoms with van der Waals surface area (Å²) in [5.41, 5.74) is 5.84. The Balaban J connectivity index is 2.25. The fraction of sp³-hybridized carbons (Fsp3) is 0.889. The Morgan fingerprint density at radius 2 is 2.33 bits per heavy atom. The zero-order chi connectivity index (χ0) is 8.97. The molecule has 0 spiro atoms. The molecule has 1 aliphatic rings. The van der Waals surface area contributed by atoms with Crippen molar-refractivity contribution in [1.29, 1.82) is 0 Å². The molecule has 1 rings (SSSR count). The van der Waals surface area contributed by atoms with E-state index in [4.69, 9.17) is 5.73 Å². The largest absolute Gasteiger partial charge is 0.356 e. The highest BCUT2D eigenvalue weighted by Gasteiger charge is 2.25. The Labute approximate surface area is 73.7 Å². The van der Waals surface area contributed by atoms with Crippen molar-refractivity contribution in [3.63, 3.8) is 0 Å². The van der Waals surface area contributed by atoms with Gasteiger partial charge in [-0.2, -0.15) is 0 Å². The van der Waals surface area contributed by atoms with Crippen molar-refractivity contribution < 1.29 is 4.79 Å². The molecule has 3 heteroatoms.